The van der Waals surface area contributed by atoms with Gasteiger partial charge in [-0.25, -0.2) is 4.99 Å². The fourth-order valence-electron chi connectivity index (χ4n) is 4.53. The van der Waals surface area contributed by atoms with E-state index in [-0.39, 0.29) is 17.9 Å². The number of hydrogen-bond acceptors (Lipinski definition) is 6. The Morgan fingerprint density at radius 3 is 2.24 bits per heavy atom. The highest BCUT2D eigenvalue weighted by Gasteiger charge is 2.37. The van der Waals surface area contributed by atoms with Crippen molar-refractivity contribution in [2.75, 3.05) is 30.0 Å². The van der Waals surface area contributed by atoms with Gasteiger partial charge >= 0.3 is 0 Å². The first-order valence-corrected chi connectivity index (χ1v) is 13.6. The summed E-state index contributed by atoms with van der Waals surface area (Å²) in [5.74, 6) is 1.30. The number of methoxy groups -OCH3 is 1. The molecule has 2 N–H and O–H groups in total. The third-order valence-electron chi connectivity index (χ3n) is 6.44. The van der Waals surface area contributed by atoms with Gasteiger partial charge in [0.05, 0.1) is 24.4 Å². The highest BCUT2D eigenvalue weighted by atomic mass is 35.5. The maximum Gasteiger partial charge on any atom is 0.255 e. The molecule has 2 aliphatic heterocycles. The fourth-order valence-corrected chi connectivity index (χ4v) is 5.68. The molecule has 194 valence electrons. The van der Waals surface area contributed by atoms with Crippen molar-refractivity contribution >= 4 is 51.7 Å². The molecule has 1 saturated heterocycles. The lowest BCUT2D eigenvalue weighted by Gasteiger charge is -2.41. The number of rotatable bonds is 6. The third-order valence-corrected chi connectivity index (χ3v) is 7.77. The number of anilines is 2. The van der Waals surface area contributed by atoms with Gasteiger partial charge in [-0.15, -0.1) is 0 Å². The Kier molecular flexibility index (Phi) is 7.72. The van der Waals surface area contributed by atoms with Crippen LogP contribution in [0.4, 0.5) is 11.4 Å². The highest BCUT2D eigenvalue weighted by Crippen LogP contribution is 2.40. The first-order valence-electron chi connectivity index (χ1n) is 12.2. The van der Waals surface area contributed by atoms with Gasteiger partial charge in [0, 0.05) is 34.3 Å². The summed E-state index contributed by atoms with van der Waals surface area (Å²) in [5, 5.41) is 7.46. The topological polar surface area (TPSA) is 83.0 Å². The SMILES string of the molecule is COc1ccc(NC(=O)C2=C(C)N=C3SCCCN3[C@@H]2c2ccc(NC(=O)c3ccc(Cl)cc3)cc2)cc1. The molecular weight excluding hydrogens is 520 g/mol. The number of amides is 2. The van der Waals surface area contributed by atoms with Gasteiger partial charge < -0.3 is 20.3 Å². The number of nitrogens with one attached hydrogen (secondary N) is 2. The summed E-state index contributed by atoms with van der Waals surface area (Å²) < 4.78 is 5.22. The molecule has 5 rings (SSSR count). The molecule has 0 spiro atoms. The average molecular weight is 547 g/mol. The van der Waals surface area contributed by atoms with Crippen molar-refractivity contribution in [1.29, 1.82) is 0 Å². The predicted molar refractivity (Wildman–Crippen MR) is 154 cm³/mol. The van der Waals surface area contributed by atoms with Gasteiger partial charge in [0.2, 0.25) is 0 Å². The van der Waals surface area contributed by atoms with E-state index in [1.54, 1.807) is 43.1 Å². The van der Waals surface area contributed by atoms with Gasteiger partial charge in [0.1, 0.15) is 5.75 Å². The van der Waals surface area contributed by atoms with Crippen LogP contribution < -0.4 is 15.4 Å². The first kappa shape index (κ1) is 25.9. The Hall–Kier alpha value is -3.75. The molecule has 0 bridgehead atoms. The lowest BCUT2D eigenvalue weighted by molar-refractivity contribution is -0.113. The van der Waals surface area contributed by atoms with Crippen LogP contribution in [0.3, 0.4) is 0 Å². The molecule has 0 aliphatic carbocycles. The number of carbonyl (C=O) groups is 2. The number of nitrogens with zero attached hydrogens (tertiary/aromatic N) is 2. The number of thioether (sulfide) groups is 1. The highest BCUT2D eigenvalue weighted by molar-refractivity contribution is 8.13. The largest absolute Gasteiger partial charge is 0.497 e. The average Bonchev–Trinajstić information content (AvgIpc) is 2.93. The fraction of sp³-hybridized carbons (Fsp3) is 0.207. The van der Waals surface area contributed by atoms with E-state index in [2.05, 4.69) is 15.5 Å². The number of fused-ring (bicyclic) bond motifs is 1. The van der Waals surface area contributed by atoms with Crippen molar-refractivity contribution < 1.29 is 14.3 Å². The summed E-state index contributed by atoms with van der Waals surface area (Å²) in [6.07, 6.45) is 1.00. The van der Waals surface area contributed by atoms with Crippen LogP contribution in [0.1, 0.15) is 35.3 Å². The van der Waals surface area contributed by atoms with E-state index in [1.807, 2.05) is 55.5 Å². The van der Waals surface area contributed by atoms with Gasteiger partial charge in [-0.05, 0) is 79.6 Å². The molecule has 7 nitrogen and oxygen atoms in total. The number of carbonyl (C=O) groups excluding carboxylic acids is 2. The van der Waals surface area contributed by atoms with E-state index < -0.39 is 0 Å². The number of amidine groups is 1. The van der Waals surface area contributed by atoms with Crippen LogP contribution in [0.2, 0.25) is 5.02 Å². The lowest BCUT2D eigenvalue weighted by Crippen LogP contribution is -2.43. The quantitative estimate of drug-likeness (QED) is 0.376. The smallest absolute Gasteiger partial charge is 0.255 e. The van der Waals surface area contributed by atoms with Crippen LogP contribution in [0.5, 0.6) is 5.75 Å². The molecule has 9 heteroatoms. The van der Waals surface area contributed by atoms with Gasteiger partial charge in [0.15, 0.2) is 5.17 Å². The number of halogens is 1. The number of aliphatic imine (C=N–C) groups is 1. The summed E-state index contributed by atoms with van der Waals surface area (Å²) in [6, 6.07) is 21.3. The molecule has 2 aliphatic rings. The van der Waals surface area contributed by atoms with E-state index in [1.165, 1.54) is 0 Å². The summed E-state index contributed by atoms with van der Waals surface area (Å²) in [7, 11) is 1.61. The Balaban J connectivity index is 1.41. The minimum Gasteiger partial charge on any atom is -0.497 e. The van der Waals surface area contributed by atoms with Crippen LogP contribution in [0.25, 0.3) is 0 Å². The van der Waals surface area contributed by atoms with Gasteiger partial charge in [-0.2, -0.15) is 0 Å². The first-order chi connectivity index (χ1) is 18.4. The van der Waals surface area contributed by atoms with Crippen LogP contribution >= 0.6 is 23.4 Å². The number of ether oxygens (including phenoxy) is 1. The van der Waals surface area contributed by atoms with Crippen LogP contribution in [0.15, 0.2) is 89.1 Å². The molecule has 2 heterocycles. The molecule has 38 heavy (non-hydrogen) atoms. The predicted octanol–water partition coefficient (Wildman–Crippen LogP) is 6.36. The maximum absolute atomic E-state index is 13.6. The van der Waals surface area contributed by atoms with Gasteiger partial charge in [-0.1, -0.05) is 35.5 Å². The molecule has 3 aromatic carbocycles. The van der Waals surface area contributed by atoms with Crippen molar-refractivity contribution in [2.45, 2.75) is 19.4 Å². The second kappa shape index (κ2) is 11.3. The molecule has 1 fully saturated rings. The van der Waals surface area contributed by atoms with E-state index >= 15 is 0 Å². The van der Waals surface area contributed by atoms with Gasteiger partial charge in [0.25, 0.3) is 11.8 Å². The van der Waals surface area contributed by atoms with Crippen molar-refractivity contribution in [2.24, 2.45) is 4.99 Å². The molecular formula is C29H27ClN4O3S. The van der Waals surface area contributed by atoms with Crippen LogP contribution in [0, 0.1) is 0 Å². The lowest BCUT2D eigenvalue weighted by atomic mass is 9.93. The summed E-state index contributed by atoms with van der Waals surface area (Å²) in [6.45, 7) is 2.69. The van der Waals surface area contributed by atoms with E-state index in [9.17, 15) is 9.59 Å². The van der Waals surface area contributed by atoms with Crippen molar-refractivity contribution in [3.05, 3.63) is 100 Å². The van der Waals surface area contributed by atoms with Crippen molar-refractivity contribution in [3.63, 3.8) is 0 Å². The molecule has 1 atom stereocenters. The second-order valence-corrected chi connectivity index (χ2v) is 10.5. The minimum atomic E-state index is -0.297. The number of hydrogen-bond donors (Lipinski definition) is 2. The van der Waals surface area contributed by atoms with Crippen molar-refractivity contribution in [1.82, 2.24) is 4.90 Å². The summed E-state index contributed by atoms with van der Waals surface area (Å²) in [4.78, 5) is 33.2. The zero-order chi connectivity index (χ0) is 26.6. The van der Waals surface area contributed by atoms with Gasteiger partial charge in [-0.3, -0.25) is 9.59 Å². The molecule has 3 aromatic rings. The Labute approximate surface area is 230 Å². The zero-order valence-electron chi connectivity index (χ0n) is 21.0. The normalized spacial score (nSPS) is 16.9. The van der Waals surface area contributed by atoms with Crippen LogP contribution in [-0.2, 0) is 4.79 Å². The minimum absolute atomic E-state index is 0.198. The zero-order valence-corrected chi connectivity index (χ0v) is 22.6. The monoisotopic (exact) mass is 546 g/mol. The maximum atomic E-state index is 13.6. The second-order valence-electron chi connectivity index (χ2n) is 8.96. The molecule has 0 saturated carbocycles. The molecule has 0 aromatic heterocycles. The van der Waals surface area contributed by atoms with E-state index in [0.29, 0.717) is 33.2 Å². The standard InChI is InChI=1S/C29H27ClN4O3S/c1-18-25(28(36)33-23-12-14-24(37-2)15-13-23)26(34-16-3-17-38-29(34)31-18)19-6-10-22(11-7-19)32-27(35)20-4-8-21(30)9-5-20/h4-15,26H,3,16-17H2,1-2H3,(H,32,35)(H,33,36)/t26-/m1/s1. The number of benzene rings is 3. The summed E-state index contributed by atoms with van der Waals surface area (Å²) in [5.41, 5.74) is 4.11. The van der Waals surface area contributed by atoms with E-state index in [0.717, 1.165) is 35.2 Å². The van der Waals surface area contributed by atoms with E-state index in [4.69, 9.17) is 21.3 Å². The Morgan fingerprint density at radius 1 is 0.947 bits per heavy atom. The Morgan fingerprint density at radius 2 is 1.58 bits per heavy atom. The summed E-state index contributed by atoms with van der Waals surface area (Å²) >= 11 is 7.65. The molecule has 0 radical (unpaired) electrons. The third kappa shape index (κ3) is 5.56. The van der Waals surface area contributed by atoms with Crippen LogP contribution in [-0.4, -0.2) is 41.3 Å². The van der Waals surface area contributed by atoms with Crippen molar-refractivity contribution in [3.8, 4) is 5.75 Å². The Bertz CT molecular complexity index is 1400. The molecule has 2 amide bonds. The molecule has 0 unspecified atom stereocenters. The number of allylic oxidation sites excluding steroid dienone is 1.